The molecule has 2 heteroatoms. The summed E-state index contributed by atoms with van der Waals surface area (Å²) in [4.78, 5) is 0. The van der Waals surface area contributed by atoms with Crippen molar-refractivity contribution in [2.24, 2.45) is 5.92 Å². The second kappa shape index (κ2) is 6.21. The zero-order chi connectivity index (χ0) is 8.65. The normalized spacial score (nSPS) is 22.8. The summed E-state index contributed by atoms with van der Waals surface area (Å²) in [6.07, 6.45) is 5.41. The maximum Gasteiger partial charge on any atom is 0.0506 e. The van der Waals surface area contributed by atoms with Gasteiger partial charge < -0.3 is 10.1 Å². The second-order valence-electron chi connectivity index (χ2n) is 3.36. The zero-order valence-corrected chi connectivity index (χ0v) is 7.72. The van der Waals surface area contributed by atoms with Gasteiger partial charge in [0, 0.05) is 13.2 Å². The van der Waals surface area contributed by atoms with E-state index in [1.54, 1.807) is 0 Å². The van der Waals surface area contributed by atoms with Crippen molar-refractivity contribution in [2.75, 3.05) is 26.3 Å². The summed E-state index contributed by atoms with van der Waals surface area (Å²) in [6.45, 7) is 7.80. The van der Waals surface area contributed by atoms with E-state index in [0.29, 0.717) is 0 Å². The molecule has 0 aromatic carbocycles. The molecular formula is C10H19NO. The van der Waals surface area contributed by atoms with Gasteiger partial charge in [-0.1, -0.05) is 6.08 Å². The van der Waals surface area contributed by atoms with Crippen LogP contribution >= 0.6 is 0 Å². The molecule has 1 saturated heterocycles. The molecule has 1 atom stereocenters. The molecule has 0 spiro atoms. The van der Waals surface area contributed by atoms with Crippen LogP contribution in [-0.4, -0.2) is 26.3 Å². The van der Waals surface area contributed by atoms with E-state index in [1.165, 1.54) is 13.0 Å². The van der Waals surface area contributed by atoms with Crippen LogP contribution in [0.4, 0.5) is 0 Å². The first-order valence-electron chi connectivity index (χ1n) is 4.83. The minimum Gasteiger partial charge on any atom is -0.381 e. The summed E-state index contributed by atoms with van der Waals surface area (Å²) in [6, 6.07) is 0. The molecule has 12 heavy (non-hydrogen) atoms. The largest absolute Gasteiger partial charge is 0.381 e. The molecule has 0 aliphatic carbocycles. The van der Waals surface area contributed by atoms with E-state index < -0.39 is 0 Å². The summed E-state index contributed by atoms with van der Waals surface area (Å²) in [5, 5.41) is 3.33. The fraction of sp³-hybridized carbons (Fsp3) is 0.800. The van der Waals surface area contributed by atoms with Crippen LogP contribution in [0.5, 0.6) is 0 Å². The van der Waals surface area contributed by atoms with E-state index in [-0.39, 0.29) is 0 Å². The Kier molecular flexibility index (Phi) is 5.04. The molecule has 70 valence electrons. The molecule has 1 rings (SSSR count). The molecule has 1 fully saturated rings. The highest BCUT2D eigenvalue weighted by atomic mass is 16.5. The van der Waals surface area contributed by atoms with Crippen LogP contribution < -0.4 is 5.32 Å². The van der Waals surface area contributed by atoms with E-state index in [9.17, 15) is 0 Å². The van der Waals surface area contributed by atoms with E-state index in [2.05, 4.69) is 11.9 Å². The molecule has 0 radical (unpaired) electrons. The summed E-state index contributed by atoms with van der Waals surface area (Å²) in [5.74, 6) is 0.758. The number of hydrogen-bond acceptors (Lipinski definition) is 2. The predicted octanol–water partition coefficient (Wildman–Crippen LogP) is 1.58. The lowest BCUT2D eigenvalue weighted by Crippen LogP contribution is -2.14. The Labute approximate surface area is 75.0 Å². The quantitative estimate of drug-likeness (QED) is 0.481. The number of rotatable bonds is 6. The Hall–Kier alpha value is -0.340. The maximum atomic E-state index is 5.53. The first-order chi connectivity index (χ1) is 5.93. The maximum absolute atomic E-state index is 5.53. The first-order valence-corrected chi connectivity index (χ1v) is 4.83. The van der Waals surface area contributed by atoms with Crippen molar-refractivity contribution >= 4 is 0 Å². The third kappa shape index (κ3) is 3.88. The smallest absolute Gasteiger partial charge is 0.0506 e. The number of hydrogen-bond donors (Lipinski definition) is 1. The van der Waals surface area contributed by atoms with Gasteiger partial charge in [0.05, 0.1) is 6.61 Å². The van der Waals surface area contributed by atoms with Crippen molar-refractivity contribution in [2.45, 2.75) is 19.3 Å². The van der Waals surface area contributed by atoms with Gasteiger partial charge in [0.15, 0.2) is 0 Å². The van der Waals surface area contributed by atoms with Crippen LogP contribution in [0.25, 0.3) is 0 Å². The number of allylic oxidation sites excluding steroid dienone is 1. The average Bonchev–Trinajstić information content (AvgIpc) is 2.57. The van der Waals surface area contributed by atoms with E-state index in [0.717, 1.165) is 38.5 Å². The molecule has 0 aromatic rings. The van der Waals surface area contributed by atoms with E-state index >= 15 is 0 Å². The fourth-order valence-corrected chi connectivity index (χ4v) is 1.44. The Morgan fingerprint density at radius 2 is 2.50 bits per heavy atom. The second-order valence-corrected chi connectivity index (χ2v) is 3.36. The van der Waals surface area contributed by atoms with Gasteiger partial charge in [0.1, 0.15) is 0 Å². The topological polar surface area (TPSA) is 21.3 Å². The summed E-state index contributed by atoms with van der Waals surface area (Å²) >= 11 is 0. The zero-order valence-electron chi connectivity index (χ0n) is 7.72. The van der Waals surface area contributed by atoms with Crippen LogP contribution in [0, 0.1) is 5.92 Å². The first kappa shape index (κ1) is 9.75. The van der Waals surface area contributed by atoms with Gasteiger partial charge in [-0.05, 0) is 31.7 Å². The van der Waals surface area contributed by atoms with Crippen molar-refractivity contribution in [3.63, 3.8) is 0 Å². The van der Waals surface area contributed by atoms with Gasteiger partial charge in [-0.3, -0.25) is 0 Å². The molecule has 1 N–H and O–H groups in total. The van der Waals surface area contributed by atoms with Gasteiger partial charge in [-0.25, -0.2) is 0 Å². The molecular weight excluding hydrogens is 150 g/mol. The third-order valence-electron chi connectivity index (χ3n) is 2.21. The predicted molar refractivity (Wildman–Crippen MR) is 51.2 cm³/mol. The van der Waals surface area contributed by atoms with Gasteiger partial charge in [0.2, 0.25) is 0 Å². The van der Waals surface area contributed by atoms with Crippen molar-refractivity contribution < 1.29 is 4.74 Å². The van der Waals surface area contributed by atoms with Gasteiger partial charge in [-0.2, -0.15) is 0 Å². The molecule has 1 aliphatic heterocycles. The average molecular weight is 169 g/mol. The molecule has 1 heterocycles. The lowest BCUT2D eigenvalue weighted by Gasteiger charge is -2.08. The Morgan fingerprint density at radius 1 is 1.58 bits per heavy atom. The molecule has 0 bridgehead atoms. The minimum atomic E-state index is 0.758. The van der Waals surface area contributed by atoms with Gasteiger partial charge in [0.25, 0.3) is 0 Å². The lowest BCUT2D eigenvalue weighted by atomic mass is 10.1. The van der Waals surface area contributed by atoms with Crippen LogP contribution in [0.15, 0.2) is 12.7 Å². The van der Waals surface area contributed by atoms with Crippen molar-refractivity contribution in [3.8, 4) is 0 Å². The Morgan fingerprint density at radius 3 is 3.17 bits per heavy atom. The Balaban J connectivity index is 1.84. The highest BCUT2D eigenvalue weighted by molar-refractivity contribution is 4.70. The van der Waals surface area contributed by atoms with Gasteiger partial charge >= 0.3 is 0 Å². The summed E-state index contributed by atoms with van der Waals surface area (Å²) < 4.78 is 5.53. The molecule has 2 nitrogen and oxygen atoms in total. The number of nitrogens with one attached hydrogen (secondary N) is 1. The van der Waals surface area contributed by atoms with Crippen molar-refractivity contribution in [3.05, 3.63) is 12.7 Å². The Bertz CT molecular complexity index is 119. The van der Waals surface area contributed by atoms with E-state index in [1.807, 2.05) is 6.08 Å². The summed E-state index contributed by atoms with van der Waals surface area (Å²) in [5.41, 5.74) is 0. The fourth-order valence-electron chi connectivity index (χ4n) is 1.44. The van der Waals surface area contributed by atoms with Crippen LogP contribution in [0.3, 0.4) is 0 Å². The van der Waals surface area contributed by atoms with Gasteiger partial charge in [-0.15, -0.1) is 6.58 Å². The SMILES string of the molecule is C=CCCCOCC1CCNC1. The third-order valence-corrected chi connectivity index (χ3v) is 2.21. The molecule has 0 amide bonds. The molecule has 0 saturated carbocycles. The number of ether oxygens (including phenoxy) is 1. The van der Waals surface area contributed by atoms with Crippen molar-refractivity contribution in [1.82, 2.24) is 5.32 Å². The van der Waals surface area contributed by atoms with Crippen LogP contribution in [0.1, 0.15) is 19.3 Å². The minimum absolute atomic E-state index is 0.758. The molecule has 0 aromatic heterocycles. The molecule has 1 aliphatic rings. The number of unbranched alkanes of at least 4 members (excludes halogenated alkanes) is 1. The highest BCUT2D eigenvalue weighted by Gasteiger charge is 2.13. The molecule has 1 unspecified atom stereocenters. The van der Waals surface area contributed by atoms with Crippen LogP contribution in [-0.2, 0) is 4.74 Å². The van der Waals surface area contributed by atoms with E-state index in [4.69, 9.17) is 4.74 Å². The highest BCUT2D eigenvalue weighted by Crippen LogP contribution is 2.07. The standard InChI is InChI=1S/C10H19NO/c1-2-3-4-7-12-9-10-5-6-11-8-10/h2,10-11H,1,3-9H2. The monoisotopic (exact) mass is 169 g/mol. The van der Waals surface area contributed by atoms with Crippen molar-refractivity contribution in [1.29, 1.82) is 0 Å². The lowest BCUT2D eigenvalue weighted by molar-refractivity contribution is 0.104. The van der Waals surface area contributed by atoms with Crippen LogP contribution in [0.2, 0.25) is 0 Å². The summed E-state index contributed by atoms with van der Waals surface area (Å²) in [7, 11) is 0.